The molecule has 7 heteroatoms. The lowest BCUT2D eigenvalue weighted by atomic mass is 10.2. The smallest absolute Gasteiger partial charge is 0.191 e. The lowest BCUT2D eigenvalue weighted by molar-refractivity contribution is 0.788. The summed E-state index contributed by atoms with van der Waals surface area (Å²) in [6.07, 6.45) is 6.39. The van der Waals surface area contributed by atoms with Crippen molar-refractivity contribution in [1.29, 1.82) is 0 Å². The summed E-state index contributed by atoms with van der Waals surface area (Å²) in [4.78, 5) is 9.00. The largest absolute Gasteiger partial charge is 0.357 e. The van der Waals surface area contributed by atoms with Gasteiger partial charge in [0, 0.05) is 43.8 Å². The van der Waals surface area contributed by atoms with Crippen molar-refractivity contribution in [3.8, 4) is 5.69 Å². The molecule has 0 bridgehead atoms. The van der Waals surface area contributed by atoms with E-state index in [1.165, 1.54) is 0 Å². The van der Waals surface area contributed by atoms with Gasteiger partial charge in [-0.25, -0.2) is 9.67 Å². The molecule has 0 aliphatic heterocycles. The number of pyridine rings is 1. The molecular weight excluding hydrogens is 451 g/mol. The van der Waals surface area contributed by atoms with Crippen molar-refractivity contribution in [2.75, 3.05) is 13.1 Å². The summed E-state index contributed by atoms with van der Waals surface area (Å²) < 4.78 is 1.84. The second kappa shape index (κ2) is 11.3. The van der Waals surface area contributed by atoms with Gasteiger partial charge in [-0.3, -0.25) is 4.98 Å². The summed E-state index contributed by atoms with van der Waals surface area (Å²) in [6, 6.07) is 16.2. The van der Waals surface area contributed by atoms with Crippen molar-refractivity contribution < 1.29 is 0 Å². The molecule has 1 aromatic carbocycles. The van der Waals surface area contributed by atoms with Crippen LogP contribution in [-0.4, -0.2) is 33.8 Å². The van der Waals surface area contributed by atoms with Crippen LogP contribution in [0.15, 0.2) is 72.1 Å². The van der Waals surface area contributed by atoms with Crippen molar-refractivity contribution in [3.63, 3.8) is 0 Å². The van der Waals surface area contributed by atoms with Gasteiger partial charge in [-0.05, 0) is 42.8 Å². The molecule has 0 fully saturated rings. The van der Waals surface area contributed by atoms with Crippen molar-refractivity contribution in [3.05, 3.63) is 78.4 Å². The standard InChI is InChI=1S/C20H24N6.HI/c1-2-21-20(23-14-11-18-6-3-4-12-22-18)24-16-17-7-9-19(10-8-17)26-15-5-13-25-26;/h3-10,12-13,15H,2,11,14,16H2,1H3,(H2,21,23,24);1H. The minimum absolute atomic E-state index is 0. The topological polar surface area (TPSA) is 67.1 Å². The second-order valence-electron chi connectivity index (χ2n) is 5.81. The average molecular weight is 476 g/mol. The molecule has 0 aliphatic carbocycles. The summed E-state index contributed by atoms with van der Waals surface area (Å²) >= 11 is 0. The summed E-state index contributed by atoms with van der Waals surface area (Å²) in [5.41, 5.74) is 3.27. The van der Waals surface area contributed by atoms with Crippen LogP contribution in [0.4, 0.5) is 0 Å². The lowest BCUT2D eigenvalue weighted by Crippen LogP contribution is -2.38. The molecule has 142 valence electrons. The zero-order valence-electron chi connectivity index (χ0n) is 15.4. The van der Waals surface area contributed by atoms with E-state index >= 15 is 0 Å². The zero-order chi connectivity index (χ0) is 18.0. The van der Waals surface area contributed by atoms with Crippen LogP contribution in [0.25, 0.3) is 5.69 Å². The number of hydrogen-bond donors (Lipinski definition) is 2. The van der Waals surface area contributed by atoms with Crippen LogP contribution >= 0.6 is 24.0 Å². The molecule has 6 nitrogen and oxygen atoms in total. The number of aromatic nitrogens is 3. The number of rotatable bonds is 7. The van der Waals surface area contributed by atoms with Gasteiger partial charge >= 0.3 is 0 Å². The van der Waals surface area contributed by atoms with Crippen molar-refractivity contribution in [2.45, 2.75) is 19.9 Å². The van der Waals surface area contributed by atoms with E-state index in [0.29, 0.717) is 6.54 Å². The van der Waals surface area contributed by atoms with Crippen LogP contribution < -0.4 is 10.6 Å². The number of nitrogens with zero attached hydrogens (tertiary/aromatic N) is 4. The van der Waals surface area contributed by atoms with Gasteiger partial charge < -0.3 is 10.6 Å². The highest BCUT2D eigenvalue weighted by Gasteiger charge is 2.00. The van der Waals surface area contributed by atoms with Gasteiger partial charge in [-0.2, -0.15) is 5.10 Å². The number of hydrogen-bond acceptors (Lipinski definition) is 3. The SMILES string of the molecule is CCNC(=NCc1ccc(-n2cccn2)cc1)NCCc1ccccn1.I. The molecular formula is C20H25IN6. The van der Waals surface area contributed by atoms with Crippen LogP contribution in [0.3, 0.4) is 0 Å². The minimum Gasteiger partial charge on any atom is -0.357 e. The summed E-state index contributed by atoms with van der Waals surface area (Å²) in [7, 11) is 0. The van der Waals surface area contributed by atoms with Gasteiger partial charge in [-0.1, -0.05) is 18.2 Å². The zero-order valence-corrected chi connectivity index (χ0v) is 17.7. The maximum atomic E-state index is 4.66. The van der Waals surface area contributed by atoms with E-state index in [0.717, 1.165) is 42.4 Å². The molecule has 0 saturated heterocycles. The second-order valence-corrected chi connectivity index (χ2v) is 5.81. The Morgan fingerprint density at radius 1 is 1.04 bits per heavy atom. The highest BCUT2D eigenvalue weighted by molar-refractivity contribution is 14.0. The Morgan fingerprint density at radius 2 is 1.89 bits per heavy atom. The molecule has 27 heavy (non-hydrogen) atoms. The van der Waals surface area contributed by atoms with Crippen molar-refractivity contribution in [1.82, 2.24) is 25.4 Å². The molecule has 0 amide bonds. The first-order valence-electron chi connectivity index (χ1n) is 8.86. The van der Waals surface area contributed by atoms with E-state index in [4.69, 9.17) is 0 Å². The maximum Gasteiger partial charge on any atom is 0.191 e. The Hall–Kier alpha value is -2.42. The number of benzene rings is 1. The third-order valence-corrected chi connectivity index (χ3v) is 3.87. The molecule has 2 aromatic heterocycles. The van der Waals surface area contributed by atoms with Crippen molar-refractivity contribution in [2.24, 2.45) is 4.99 Å². The van der Waals surface area contributed by atoms with Crippen LogP contribution in [0.1, 0.15) is 18.2 Å². The van der Waals surface area contributed by atoms with E-state index in [1.54, 1.807) is 6.20 Å². The summed E-state index contributed by atoms with van der Waals surface area (Å²) in [5.74, 6) is 0.819. The highest BCUT2D eigenvalue weighted by Crippen LogP contribution is 2.09. The quantitative estimate of drug-likeness (QED) is 0.312. The third kappa shape index (κ3) is 6.67. The van der Waals surface area contributed by atoms with Gasteiger partial charge in [0.05, 0.1) is 12.2 Å². The Labute approximate surface area is 177 Å². The monoisotopic (exact) mass is 476 g/mol. The normalized spacial score (nSPS) is 10.9. The van der Waals surface area contributed by atoms with Gasteiger partial charge in [0.2, 0.25) is 0 Å². The fourth-order valence-corrected chi connectivity index (χ4v) is 2.54. The fraction of sp³-hybridized carbons (Fsp3) is 0.250. The summed E-state index contributed by atoms with van der Waals surface area (Å²) in [5, 5.41) is 10.9. The molecule has 0 atom stereocenters. The Kier molecular flexibility index (Phi) is 8.76. The number of halogens is 1. The molecule has 3 rings (SSSR count). The minimum atomic E-state index is 0. The van der Waals surface area contributed by atoms with E-state index < -0.39 is 0 Å². The number of guanidine groups is 1. The molecule has 0 radical (unpaired) electrons. The van der Waals surface area contributed by atoms with Crippen molar-refractivity contribution >= 4 is 29.9 Å². The number of aliphatic imine (C=N–C) groups is 1. The molecule has 3 aromatic rings. The van der Waals surface area contributed by atoms with E-state index in [1.807, 2.05) is 41.3 Å². The lowest BCUT2D eigenvalue weighted by Gasteiger charge is -2.11. The van der Waals surface area contributed by atoms with E-state index in [-0.39, 0.29) is 24.0 Å². The summed E-state index contributed by atoms with van der Waals surface area (Å²) in [6.45, 7) is 4.31. The van der Waals surface area contributed by atoms with Gasteiger partial charge in [0.25, 0.3) is 0 Å². The van der Waals surface area contributed by atoms with Gasteiger partial charge in [0.15, 0.2) is 5.96 Å². The molecule has 0 unspecified atom stereocenters. The highest BCUT2D eigenvalue weighted by atomic mass is 127. The van der Waals surface area contributed by atoms with Crippen LogP contribution in [0.2, 0.25) is 0 Å². The first-order chi connectivity index (χ1) is 12.8. The Bertz CT molecular complexity index is 800. The molecule has 0 aliphatic rings. The predicted molar refractivity (Wildman–Crippen MR) is 120 cm³/mol. The first kappa shape index (κ1) is 20.9. The van der Waals surface area contributed by atoms with Gasteiger partial charge in [-0.15, -0.1) is 24.0 Å². The van der Waals surface area contributed by atoms with Crippen LogP contribution in [-0.2, 0) is 13.0 Å². The van der Waals surface area contributed by atoms with E-state index in [2.05, 4.69) is 56.9 Å². The molecule has 2 heterocycles. The predicted octanol–water partition coefficient (Wildman–Crippen LogP) is 3.18. The molecule has 2 N–H and O–H groups in total. The maximum absolute atomic E-state index is 4.66. The third-order valence-electron chi connectivity index (χ3n) is 3.87. The molecule has 0 spiro atoms. The van der Waals surface area contributed by atoms with Gasteiger partial charge in [0.1, 0.15) is 0 Å². The van der Waals surface area contributed by atoms with Crippen LogP contribution in [0.5, 0.6) is 0 Å². The Balaban J connectivity index is 0.00000261. The Morgan fingerprint density at radius 3 is 2.56 bits per heavy atom. The number of nitrogens with one attached hydrogen (secondary N) is 2. The molecule has 0 saturated carbocycles. The van der Waals surface area contributed by atoms with E-state index in [9.17, 15) is 0 Å². The van der Waals surface area contributed by atoms with Crippen LogP contribution in [0, 0.1) is 0 Å². The first-order valence-corrected chi connectivity index (χ1v) is 8.86. The average Bonchev–Trinajstić information content (AvgIpc) is 3.22. The fourth-order valence-electron chi connectivity index (χ4n) is 2.54.